The van der Waals surface area contributed by atoms with Crippen molar-refractivity contribution in [1.29, 1.82) is 0 Å². The molecule has 0 atom stereocenters. The van der Waals surface area contributed by atoms with E-state index in [1.165, 1.54) is 16.4 Å². The summed E-state index contributed by atoms with van der Waals surface area (Å²) in [5.41, 5.74) is 3.51. The normalized spacial score (nSPS) is 15.0. The van der Waals surface area contributed by atoms with Crippen LogP contribution >= 0.6 is 11.6 Å². The predicted molar refractivity (Wildman–Crippen MR) is 135 cm³/mol. The molecule has 0 N–H and O–H groups in total. The molecule has 3 heterocycles. The zero-order valence-corrected chi connectivity index (χ0v) is 20.2. The van der Waals surface area contributed by atoms with Crippen LogP contribution in [0.4, 0.5) is 5.69 Å². The number of nitrogens with zero attached hydrogens (tertiary/aromatic N) is 5. The first kappa shape index (κ1) is 23.4. The van der Waals surface area contributed by atoms with Crippen LogP contribution in [-0.4, -0.2) is 60.0 Å². The number of hydrogen-bond donors (Lipinski definition) is 0. The molecule has 1 aliphatic rings. The zero-order chi connectivity index (χ0) is 24.3. The summed E-state index contributed by atoms with van der Waals surface area (Å²) >= 11 is 6.38. The van der Waals surface area contributed by atoms with E-state index in [0.717, 1.165) is 16.8 Å². The van der Waals surface area contributed by atoms with Gasteiger partial charge in [-0.3, -0.25) is 9.98 Å². The Kier molecular flexibility index (Phi) is 6.74. The number of halogens is 1. The summed E-state index contributed by atoms with van der Waals surface area (Å²) in [6.45, 7) is 1.38. The SMILES string of the molecule is O=S(=O)(c1ccc(Cl)c(N=Cc2cn(-c3ccccc3)nc2-c2cccnc2)c1)N1CCOCC1. The van der Waals surface area contributed by atoms with Gasteiger partial charge in [0, 0.05) is 49.0 Å². The lowest BCUT2D eigenvalue weighted by Crippen LogP contribution is -2.40. The van der Waals surface area contributed by atoms with Crippen molar-refractivity contribution in [3.05, 3.63) is 89.8 Å². The average molecular weight is 508 g/mol. The van der Waals surface area contributed by atoms with Crippen molar-refractivity contribution in [3.63, 3.8) is 0 Å². The summed E-state index contributed by atoms with van der Waals surface area (Å²) in [6.07, 6.45) is 6.94. The van der Waals surface area contributed by atoms with Gasteiger partial charge in [0.2, 0.25) is 10.0 Å². The first-order chi connectivity index (χ1) is 17.0. The molecule has 0 amide bonds. The lowest BCUT2D eigenvalue weighted by atomic mass is 10.1. The second kappa shape index (κ2) is 10.1. The average Bonchev–Trinajstić information content (AvgIpc) is 3.34. The van der Waals surface area contributed by atoms with Crippen molar-refractivity contribution in [2.24, 2.45) is 4.99 Å². The van der Waals surface area contributed by atoms with Crippen LogP contribution in [-0.2, 0) is 14.8 Å². The van der Waals surface area contributed by atoms with Crippen LogP contribution in [0.25, 0.3) is 16.9 Å². The molecule has 0 saturated carbocycles. The van der Waals surface area contributed by atoms with E-state index in [-0.39, 0.29) is 4.90 Å². The second-order valence-corrected chi connectivity index (χ2v) is 10.2. The van der Waals surface area contributed by atoms with Crippen LogP contribution in [0, 0.1) is 0 Å². The summed E-state index contributed by atoms with van der Waals surface area (Å²) in [5, 5.41) is 5.09. The number of ether oxygens (including phenoxy) is 1. The molecule has 5 rings (SSSR count). The van der Waals surface area contributed by atoms with Gasteiger partial charge in [-0.25, -0.2) is 13.1 Å². The van der Waals surface area contributed by atoms with Crippen molar-refractivity contribution in [3.8, 4) is 16.9 Å². The quantitative estimate of drug-likeness (QED) is 0.362. The van der Waals surface area contributed by atoms with Crippen molar-refractivity contribution < 1.29 is 13.2 Å². The molecular formula is C25H22ClN5O3S. The maximum Gasteiger partial charge on any atom is 0.243 e. The molecule has 4 aromatic rings. The monoisotopic (exact) mass is 507 g/mol. The molecule has 1 aliphatic heterocycles. The second-order valence-electron chi connectivity index (χ2n) is 7.84. The Labute approximate surface area is 208 Å². The summed E-state index contributed by atoms with van der Waals surface area (Å²) in [5.74, 6) is 0. The fourth-order valence-corrected chi connectivity index (χ4v) is 5.34. The van der Waals surface area contributed by atoms with Crippen molar-refractivity contribution in [2.75, 3.05) is 26.3 Å². The first-order valence-corrected chi connectivity index (χ1v) is 12.8. The standard InChI is InChI=1S/C25H22ClN5O3S/c26-23-9-8-22(35(32,33)30-11-13-34-14-12-30)15-24(23)28-17-20-18-31(21-6-2-1-3-7-21)29-25(20)19-5-4-10-27-16-19/h1-10,15-18H,11-14H2. The van der Waals surface area contributed by atoms with Crippen molar-refractivity contribution in [1.82, 2.24) is 19.1 Å². The van der Waals surface area contributed by atoms with E-state index >= 15 is 0 Å². The zero-order valence-electron chi connectivity index (χ0n) is 18.7. The molecule has 2 aromatic carbocycles. The summed E-state index contributed by atoms with van der Waals surface area (Å²) in [4.78, 5) is 8.90. The number of para-hydroxylation sites is 1. The van der Waals surface area contributed by atoms with Crippen LogP contribution in [0.15, 0.2) is 89.1 Å². The molecular weight excluding hydrogens is 486 g/mol. The van der Waals surface area contributed by atoms with E-state index in [1.807, 2.05) is 48.7 Å². The molecule has 0 unspecified atom stereocenters. The smallest absolute Gasteiger partial charge is 0.243 e. The van der Waals surface area contributed by atoms with Crippen LogP contribution in [0.2, 0.25) is 5.02 Å². The summed E-state index contributed by atoms with van der Waals surface area (Å²) < 4.78 is 34.6. The Hall–Kier alpha value is -3.37. The minimum atomic E-state index is -3.67. The molecule has 35 heavy (non-hydrogen) atoms. The van der Waals surface area contributed by atoms with Crippen LogP contribution < -0.4 is 0 Å². The van der Waals surface area contributed by atoms with Gasteiger partial charge < -0.3 is 4.74 Å². The van der Waals surface area contributed by atoms with Gasteiger partial charge in [-0.05, 0) is 42.5 Å². The predicted octanol–water partition coefficient (Wildman–Crippen LogP) is 4.36. The van der Waals surface area contributed by atoms with E-state index in [2.05, 4.69) is 9.98 Å². The number of morpholine rings is 1. The number of sulfonamides is 1. The van der Waals surface area contributed by atoms with Gasteiger partial charge in [0.1, 0.15) is 5.69 Å². The Morgan fingerprint density at radius 1 is 1.03 bits per heavy atom. The molecule has 0 spiro atoms. The molecule has 0 aliphatic carbocycles. The van der Waals surface area contributed by atoms with Crippen molar-refractivity contribution >= 4 is 33.5 Å². The van der Waals surface area contributed by atoms with E-state index < -0.39 is 10.0 Å². The van der Waals surface area contributed by atoms with E-state index in [0.29, 0.717) is 42.7 Å². The third kappa shape index (κ3) is 5.03. The number of hydrogen-bond acceptors (Lipinski definition) is 6. The van der Waals surface area contributed by atoms with Crippen LogP contribution in [0.3, 0.4) is 0 Å². The summed E-state index contributed by atoms with van der Waals surface area (Å²) in [7, 11) is -3.67. The highest BCUT2D eigenvalue weighted by Crippen LogP contribution is 2.30. The van der Waals surface area contributed by atoms with E-state index in [9.17, 15) is 8.42 Å². The molecule has 1 saturated heterocycles. The van der Waals surface area contributed by atoms with Gasteiger partial charge in [0.25, 0.3) is 0 Å². The third-order valence-electron chi connectivity index (χ3n) is 5.57. The third-order valence-corrected chi connectivity index (χ3v) is 7.78. The largest absolute Gasteiger partial charge is 0.379 e. The highest BCUT2D eigenvalue weighted by Gasteiger charge is 2.26. The molecule has 10 heteroatoms. The van der Waals surface area contributed by atoms with Gasteiger partial charge in [-0.2, -0.15) is 9.40 Å². The molecule has 2 aromatic heterocycles. The maximum absolute atomic E-state index is 13.1. The summed E-state index contributed by atoms with van der Waals surface area (Å²) in [6, 6.07) is 18.0. The maximum atomic E-state index is 13.1. The number of benzene rings is 2. The molecule has 8 nitrogen and oxygen atoms in total. The Balaban J connectivity index is 1.52. The Morgan fingerprint density at radius 3 is 2.57 bits per heavy atom. The minimum absolute atomic E-state index is 0.142. The molecule has 1 fully saturated rings. The molecule has 0 radical (unpaired) electrons. The van der Waals surface area contributed by atoms with E-state index in [1.54, 1.807) is 29.4 Å². The molecule has 178 valence electrons. The first-order valence-electron chi connectivity index (χ1n) is 11.0. The topological polar surface area (TPSA) is 89.7 Å². The van der Waals surface area contributed by atoms with Crippen molar-refractivity contribution in [2.45, 2.75) is 4.90 Å². The van der Waals surface area contributed by atoms with Crippen LogP contribution in [0.1, 0.15) is 5.56 Å². The lowest BCUT2D eigenvalue weighted by molar-refractivity contribution is 0.0730. The Morgan fingerprint density at radius 2 is 1.83 bits per heavy atom. The fourth-order valence-electron chi connectivity index (χ4n) is 3.75. The van der Waals surface area contributed by atoms with Crippen LogP contribution in [0.5, 0.6) is 0 Å². The minimum Gasteiger partial charge on any atom is -0.379 e. The van der Waals surface area contributed by atoms with Gasteiger partial charge in [-0.15, -0.1) is 0 Å². The van der Waals surface area contributed by atoms with Gasteiger partial charge in [0.15, 0.2) is 0 Å². The highest BCUT2D eigenvalue weighted by molar-refractivity contribution is 7.89. The fraction of sp³-hybridized carbons (Fsp3) is 0.160. The van der Waals surface area contributed by atoms with E-state index in [4.69, 9.17) is 21.4 Å². The molecule has 0 bridgehead atoms. The highest BCUT2D eigenvalue weighted by atomic mass is 35.5. The van der Waals surface area contributed by atoms with Gasteiger partial charge in [0.05, 0.1) is 34.5 Å². The number of aromatic nitrogens is 3. The van der Waals surface area contributed by atoms with Gasteiger partial charge in [-0.1, -0.05) is 29.8 Å². The number of pyridine rings is 1. The number of aliphatic imine (C=N–C) groups is 1. The number of rotatable bonds is 6. The van der Waals surface area contributed by atoms with Gasteiger partial charge >= 0.3 is 0 Å². The Bertz CT molecular complexity index is 1450. The lowest BCUT2D eigenvalue weighted by Gasteiger charge is -2.26.